The SMILES string of the molecule is O=C(Nc1ccccn1)C1CCN(C(=O)NC[C@@H]2CCCO2)CC1. The Hall–Kier alpha value is -2.15. The van der Waals surface area contributed by atoms with Crippen molar-refractivity contribution < 1.29 is 14.3 Å². The number of hydrogen-bond donors (Lipinski definition) is 2. The zero-order valence-corrected chi connectivity index (χ0v) is 13.7. The summed E-state index contributed by atoms with van der Waals surface area (Å²) in [6.07, 6.45) is 5.22. The van der Waals surface area contributed by atoms with Crippen LogP contribution in [-0.4, -0.2) is 54.2 Å². The van der Waals surface area contributed by atoms with Crippen LogP contribution >= 0.6 is 0 Å². The van der Waals surface area contributed by atoms with Gasteiger partial charge in [0.1, 0.15) is 5.82 Å². The second kappa shape index (κ2) is 8.10. The lowest BCUT2D eigenvalue weighted by atomic mass is 9.96. The number of rotatable bonds is 4. The van der Waals surface area contributed by atoms with Gasteiger partial charge in [-0.2, -0.15) is 0 Å². The van der Waals surface area contributed by atoms with Crippen molar-refractivity contribution in [3.63, 3.8) is 0 Å². The number of aromatic nitrogens is 1. The van der Waals surface area contributed by atoms with E-state index in [2.05, 4.69) is 15.6 Å². The topological polar surface area (TPSA) is 83.6 Å². The molecule has 130 valence electrons. The number of hydrogen-bond acceptors (Lipinski definition) is 4. The highest BCUT2D eigenvalue weighted by Gasteiger charge is 2.28. The molecule has 0 aliphatic carbocycles. The van der Waals surface area contributed by atoms with E-state index in [0.29, 0.717) is 38.3 Å². The van der Waals surface area contributed by atoms with Crippen LogP contribution in [0.4, 0.5) is 10.6 Å². The van der Waals surface area contributed by atoms with Crippen LogP contribution in [0.15, 0.2) is 24.4 Å². The number of carbonyl (C=O) groups is 2. The Morgan fingerprint density at radius 1 is 1.25 bits per heavy atom. The summed E-state index contributed by atoms with van der Waals surface area (Å²) >= 11 is 0. The molecule has 3 heterocycles. The van der Waals surface area contributed by atoms with E-state index in [1.807, 2.05) is 12.1 Å². The van der Waals surface area contributed by atoms with E-state index in [-0.39, 0.29) is 24.0 Å². The van der Waals surface area contributed by atoms with Crippen molar-refractivity contribution in [2.45, 2.75) is 31.8 Å². The van der Waals surface area contributed by atoms with Crippen molar-refractivity contribution in [2.24, 2.45) is 5.92 Å². The summed E-state index contributed by atoms with van der Waals surface area (Å²) in [5.74, 6) is 0.474. The average molecular weight is 332 g/mol. The quantitative estimate of drug-likeness (QED) is 0.878. The molecule has 2 fully saturated rings. The molecule has 0 bridgehead atoms. The molecule has 1 atom stereocenters. The van der Waals surface area contributed by atoms with Gasteiger partial charge in [0.25, 0.3) is 0 Å². The maximum Gasteiger partial charge on any atom is 0.317 e. The first-order chi connectivity index (χ1) is 11.7. The Bertz CT molecular complexity index is 552. The molecule has 3 amide bonds. The third-order valence-electron chi connectivity index (χ3n) is 4.57. The largest absolute Gasteiger partial charge is 0.376 e. The second-order valence-corrected chi connectivity index (χ2v) is 6.29. The predicted molar refractivity (Wildman–Crippen MR) is 89.5 cm³/mol. The lowest BCUT2D eigenvalue weighted by Gasteiger charge is -2.31. The Kier molecular flexibility index (Phi) is 5.63. The monoisotopic (exact) mass is 332 g/mol. The fraction of sp³-hybridized carbons (Fsp3) is 0.588. The van der Waals surface area contributed by atoms with Crippen LogP contribution < -0.4 is 10.6 Å². The standard InChI is InChI=1S/C17H24N4O3/c22-16(20-15-5-1-2-8-18-15)13-6-9-21(10-7-13)17(23)19-12-14-4-3-11-24-14/h1-2,5,8,13-14H,3-4,6-7,9-12H2,(H,19,23)(H,18,20,22)/t14-/m0/s1. The summed E-state index contributed by atoms with van der Waals surface area (Å²) in [5, 5.41) is 5.76. The number of piperidine rings is 1. The van der Waals surface area contributed by atoms with Crippen molar-refractivity contribution >= 4 is 17.8 Å². The number of urea groups is 1. The third kappa shape index (κ3) is 4.44. The van der Waals surface area contributed by atoms with E-state index in [4.69, 9.17) is 4.74 Å². The molecule has 2 aliphatic rings. The van der Waals surface area contributed by atoms with Gasteiger partial charge in [-0.3, -0.25) is 4.79 Å². The molecule has 2 aliphatic heterocycles. The van der Waals surface area contributed by atoms with Crippen LogP contribution in [0.5, 0.6) is 0 Å². The Morgan fingerprint density at radius 2 is 2.08 bits per heavy atom. The van der Waals surface area contributed by atoms with Gasteiger partial charge in [-0.1, -0.05) is 6.07 Å². The maximum atomic E-state index is 12.3. The fourth-order valence-corrected chi connectivity index (χ4v) is 3.13. The van der Waals surface area contributed by atoms with Crippen LogP contribution in [-0.2, 0) is 9.53 Å². The molecule has 1 aromatic rings. The lowest BCUT2D eigenvalue weighted by molar-refractivity contribution is -0.121. The predicted octanol–water partition coefficient (Wildman–Crippen LogP) is 1.62. The van der Waals surface area contributed by atoms with E-state index in [9.17, 15) is 9.59 Å². The van der Waals surface area contributed by atoms with Gasteiger partial charge < -0.3 is 20.3 Å². The molecule has 1 aromatic heterocycles. The molecule has 0 aromatic carbocycles. The fourth-order valence-electron chi connectivity index (χ4n) is 3.13. The molecule has 7 heteroatoms. The summed E-state index contributed by atoms with van der Waals surface area (Å²) < 4.78 is 5.50. The molecule has 24 heavy (non-hydrogen) atoms. The number of likely N-dealkylation sites (tertiary alicyclic amines) is 1. The highest BCUT2D eigenvalue weighted by molar-refractivity contribution is 5.91. The van der Waals surface area contributed by atoms with Crippen LogP contribution in [0, 0.1) is 5.92 Å². The van der Waals surface area contributed by atoms with Crippen molar-refractivity contribution in [3.8, 4) is 0 Å². The van der Waals surface area contributed by atoms with Gasteiger partial charge >= 0.3 is 6.03 Å². The van der Waals surface area contributed by atoms with E-state index in [1.165, 1.54) is 0 Å². The van der Waals surface area contributed by atoms with Crippen molar-refractivity contribution in [2.75, 3.05) is 31.6 Å². The Balaban J connectivity index is 1.40. The number of pyridine rings is 1. The molecular formula is C17H24N4O3. The first-order valence-corrected chi connectivity index (χ1v) is 8.58. The minimum absolute atomic E-state index is 0.0203. The van der Waals surface area contributed by atoms with E-state index < -0.39 is 0 Å². The molecule has 0 radical (unpaired) electrons. The summed E-state index contributed by atoms with van der Waals surface area (Å²) in [6.45, 7) is 2.55. The van der Waals surface area contributed by atoms with Gasteiger partial charge in [0, 0.05) is 38.4 Å². The van der Waals surface area contributed by atoms with Crippen molar-refractivity contribution in [1.82, 2.24) is 15.2 Å². The normalized spacial score (nSPS) is 21.5. The molecule has 0 saturated carbocycles. The van der Waals surface area contributed by atoms with Crippen LogP contribution in [0.3, 0.4) is 0 Å². The number of carbonyl (C=O) groups excluding carboxylic acids is 2. The van der Waals surface area contributed by atoms with Crippen molar-refractivity contribution in [3.05, 3.63) is 24.4 Å². The van der Waals surface area contributed by atoms with Gasteiger partial charge in [0.05, 0.1) is 6.10 Å². The molecule has 3 rings (SSSR count). The van der Waals surface area contributed by atoms with Gasteiger partial charge in [0.15, 0.2) is 0 Å². The molecule has 2 saturated heterocycles. The number of amides is 3. The van der Waals surface area contributed by atoms with Crippen molar-refractivity contribution in [1.29, 1.82) is 0 Å². The summed E-state index contributed by atoms with van der Waals surface area (Å²) in [4.78, 5) is 30.3. The van der Waals surface area contributed by atoms with E-state index in [0.717, 1.165) is 19.4 Å². The molecular weight excluding hydrogens is 308 g/mol. The van der Waals surface area contributed by atoms with Gasteiger partial charge in [-0.25, -0.2) is 9.78 Å². The summed E-state index contributed by atoms with van der Waals surface area (Å²) in [6, 6.07) is 5.35. The second-order valence-electron chi connectivity index (χ2n) is 6.29. The van der Waals surface area contributed by atoms with Gasteiger partial charge in [0.2, 0.25) is 5.91 Å². The van der Waals surface area contributed by atoms with Gasteiger partial charge in [-0.15, -0.1) is 0 Å². The van der Waals surface area contributed by atoms with Crippen LogP contribution in [0.25, 0.3) is 0 Å². The molecule has 2 N–H and O–H groups in total. The Morgan fingerprint density at radius 3 is 2.75 bits per heavy atom. The number of nitrogens with zero attached hydrogens (tertiary/aromatic N) is 2. The minimum atomic E-state index is -0.0748. The highest BCUT2D eigenvalue weighted by atomic mass is 16.5. The number of nitrogens with one attached hydrogen (secondary N) is 2. The molecule has 7 nitrogen and oxygen atoms in total. The minimum Gasteiger partial charge on any atom is -0.376 e. The van der Waals surface area contributed by atoms with Crippen LogP contribution in [0.1, 0.15) is 25.7 Å². The number of ether oxygens (including phenoxy) is 1. The summed E-state index contributed by atoms with van der Waals surface area (Å²) in [5.41, 5.74) is 0. The zero-order valence-electron chi connectivity index (χ0n) is 13.7. The smallest absolute Gasteiger partial charge is 0.317 e. The van der Waals surface area contributed by atoms with E-state index in [1.54, 1.807) is 17.2 Å². The first-order valence-electron chi connectivity index (χ1n) is 8.58. The average Bonchev–Trinajstić information content (AvgIpc) is 3.14. The van der Waals surface area contributed by atoms with Gasteiger partial charge in [-0.05, 0) is 37.8 Å². The number of anilines is 1. The van der Waals surface area contributed by atoms with E-state index >= 15 is 0 Å². The summed E-state index contributed by atoms with van der Waals surface area (Å²) in [7, 11) is 0. The third-order valence-corrected chi connectivity index (χ3v) is 4.57. The molecule has 0 spiro atoms. The lowest BCUT2D eigenvalue weighted by Crippen LogP contribution is -2.47. The molecule has 0 unspecified atom stereocenters. The highest BCUT2D eigenvalue weighted by Crippen LogP contribution is 2.19. The van der Waals surface area contributed by atoms with Crippen LogP contribution in [0.2, 0.25) is 0 Å². The Labute approximate surface area is 141 Å². The zero-order chi connectivity index (χ0) is 16.8. The first kappa shape index (κ1) is 16.7. The maximum absolute atomic E-state index is 12.3.